The normalized spacial score (nSPS) is 19.2. The van der Waals surface area contributed by atoms with Crippen LogP contribution in [0.2, 0.25) is 0 Å². The molecule has 0 spiro atoms. The Bertz CT molecular complexity index is 1030. The molecule has 7 nitrogen and oxygen atoms in total. The van der Waals surface area contributed by atoms with Crippen molar-refractivity contribution in [3.63, 3.8) is 0 Å². The molecule has 3 aromatic rings. The first-order valence-electron chi connectivity index (χ1n) is 9.30. The first-order chi connectivity index (χ1) is 13.1. The van der Waals surface area contributed by atoms with Gasteiger partial charge in [-0.1, -0.05) is 24.6 Å². The van der Waals surface area contributed by atoms with Crippen LogP contribution in [0.25, 0.3) is 5.65 Å². The van der Waals surface area contributed by atoms with Crippen LogP contribution in [0.3, 0.4) is 0 Å². The molecule has 148 valence electrons. The number of halogens is 1. The van der Waals surface area contributed by atoms with Crippen molar-refractivity contribution in [3.05, 3.63) is 64.7 Å². The molecule has 4 rings (SSSR count). The van der Waals surface area contributed by atoms with Gasteiger partial charge in [-0.3, -0.25) is 9.20 Å². The van der Waals surface area contributed by atoms with E-state index in [1.807, 2.05) is 30.3 Å². The summed E-state index contributed by atoms with van der Waals surface area (Å²) in [6.07, 6.45) is 5.31. The van der Waals surface area contributed by atoms with Gasteiger partial charge in [0.1, 0.15) is 0 Å². The van der Waals surface area contributed by atoms with Crippen LogP contribution in [0.15, 0.2) is 53.5 Å². The van der Waals surface area contributed by atoms with Gasteiger partial charge < -0.3 is 11.1 Å². The molecule has 1 amide bonds. The fourth-order valence-corrected chi connectivity index (χ4v) is 3.70. The van der Waals surface area contributed by atoms with E-state index >= 15 is 0 Å². The lowest BCUT2D eigenvalue weighted by molar-refractivity contribution is -0.120. The molecular formula is C20H24ClN5O2. The molecule has 2 heterocycles. The van der Waals surface area contributed by atoms with Crippen LogP contribution in [0.1, 0.15) is 31.2 Å². The van der Waals surface area contributed by atoms with Gasteiger partial charge in [0.05, 0.1) is 6.54 Å². The fourth-order valence-electron chi connectivity index (χ4n) is 3.70. The predicted octanol–water partition coefficient (Wildman–Crippen LogP) is 2.42. The number of anilines is 1. The lowest BCUT2D eigenvalue weighted by atomic mass is 9.85. The maximum atomic E-state index is 12.5. The number of rotatable bonds is 4. The number of carbonyl (C=O) groups is 1. The van der Waals surface area contributed by atoms with Crippen molar-refractivity contribution >= 4 is 29.6 Å². The second-order valence-electron chi connectivity index (χ2n) is 7.18. The molecule has 0 bridgehead atoms. The van der Waals surface area contributed by atoms with Crippen LogP contribution in [-0.4, -0.2) is 26.1 Å². The second-order valence-corrected chi connectivity index (χ2v) is 7.18. The summed E-state index contributed by atoms with van der Waals surface area (Å²) in [5, 5.41) is 7.34. The maximum absolute atomic E-state index is 12.5. The molecule has 1 aliphatic carbocycles. The van der Waals surface area contributed by atoms with Crippen molar-refractivity contribution in [2.75, 3.05) is 5.32 Å². The zero-order valence-corrected chi connectivity index (χ0v) is 16.3. The van der Waals surface area contributed by atoms with E-state index in [9.17, 15) is 9.59 Å². The molecule has 3 N–H and O–H groups in total. The molecule has 1 fully saturated rings. The molecule has 1 saturated carbocycles. The van der Waals surface area contributed by atoms with Gasteiger partial charge in [-0.05, 0) is 49.1 Å². The molecular weight excluding hydrogens is 378 g/mol. The molecule has 0 radical (unpaired) electrons. The number of nitrogens with one attached hydrogen (secondary N) is 1. The van der Waals surface area contributed by atoms with E-state index in [1.165, 1.54) is 9.08 Å². The van der Waals surface area contributed by atoms with Gasteiger partial charge in [0.2, 0.25) is 5.91 Å². The Morgan fingerprint density at radius 3 is 2.86 bits per heavy atom. The monoisotopic (exact) mass is 401 g/mol. The lowest BCUT2D eigenvalue weighted by Crippen LogP contribution is -2.34. The Labute approximate surface area is 169 Å². The zero-order chi connectivity index (χ0) is 18.8. The van der Waals surface area contributed by atoms with Crippen LogP contribution in [0, 0.1) is 5.92 Å². The Morgan fingerprint density at radius 1 is 1.21 bits per heavy atom. The molecule has 0 aliphatic heterocycles. The molecule has 2 unspecified atom stereocenters. The highest BCUT2D eigenvalue weighted by Gasteiger charge is 2.25. The van der Waals surface area contributed by atoms with Crippen molar-refractivity contribution in [2.45, 2.75) is 38.3 Å². The maximum Gasteiger partial charge on any atom is 0.350 e. The summed E-state index contributed by atoms with van der Waals surface area (Å²) in [4.78, 5) is 24.9. The molecule has 0 saturated heterocycles. The third-order valence-electron chi connectivity index (χ3n) is 5.10. The summed E-state index contributed by atoms with van der Waals surface area (Å²) < 4.78 is 2.94. The Hall–Kier alpha value is -2.64. The molecule has 1 aromatic carbocycles. The van der Waals surface area contributed by atoms with Crippen molar-refractivity contribution in [1.29, 1.82) is 0 Å². The average molecular weight is 402 g/mol. The number of amides is 1. The van der Waals surface area contributed by atoms with Crippen molar-refractivity contribution < 1.29 is 4.79 Å². The highest BCUT2D eigenvalue weighted by molar-refractivity contribution is 5.92. The van der Waals surface area contributed by atoms with E-state index in [-0.39, 0.29) is 36.0 Å². The van der Waals surface area contributed by atoms with Crippen LogP contribution >= 0.6 is 12.4 Å². The molecule has 2 atom stereocenters. The average Bonchev–Trinajstić information content (AvgIpc) is 2.98. The summed E-state index contributed by atoms with van der Waals surface area (Å²) in [5.74, 6) is -0.00865. The Kier molecular flexibility index (Phi) is 6.16. The second kappa shape index (κ2) is 8.58. The Morgan fingerprint density at radius 2 is 2.07 bits per heavy atom. The lowest BCUT2D eigenvalue weighted by Gasteiger charge is -2.25. The number of hydrogen-bond acceptors (Lipinski definition) is 4. The third-order valence-corrected chi connectivity index (χ3v) is 5.10. The molecule has 8 heteroatoms. The number of pyridine rings is 1. The van der Waals surface area contributed by atoms with E-state index < -0.39 is 0 Å². The van der Waals surface area contributed by atoms with Crippen LogP contribution in [-0.2, 0) is 11.3 Å². The SMILES string of the molecule is Cl.NC1CCCC(C(=O)Nc2cccc(Cn3nc4ccccn4c3=O)c2)C1. The highest BCUT2D eigenvalue weighted by Crippen LogP contribution is 2.24. The van der Waals surface area contributed by atoms with E-state index in [0.717, 1.165) is 36.9 Å². The van der Waals surface area contributed by atoms with Crippen LogP contribution in [0.5, 0.6) is 0 Å². The number of nitrogens with zero attached hydrogens (tertiary/aromatic N) is 3. The fraction of sp³-hybridized carbons (Fsp3) is 0.350. The summed E-state index contributed by atoms with van der Waals surface area (Å²) in [5.41, 5.74) is 8.05. The minimum atomic E-state index is -0.184. The van der Waals surface area contributed by atoms with Gasteiger partial charge in [0.15, 0.2) is 5.65 Å². The first-order valence-corrected chi connectivity index (χ1v) is 9.30. The summed E-state index contributed by atoms with van der Waals surface area (Å²) in [6.45, 7) is 0.346. The van der Waals surface area contributed by atoms with Crippen molar-refractivity contribution in [1.82, 2.24) is 14.2 Å². The summed E-state index contributed by atoms with van der Waals surface area (Å²) >= 11 is 0. The number of aromatic nitrogens is 3. The number of hydrogen-bond donors (Lipinski definition) is 2. The van der Waals surface area contributed by atoms with Gasteiger partial charge in [-0.25, -0.2) is 9.48 Å². The quantitative estimate of drug-likeness (QED) is 0.701. The molecule has 2 aromatic heterocycles. The first kappa shape index (κ1) is 20.1. The van der Waals surface area contributed by atoms with Crippen molar-refractivity contribution in [2.24, 2.45) is 11.7 Å². The predicted molar refractivity (Wildman–Crippen MR) is 111 cm³/mol. The van der Waals surface area contributed by atoms with Crippen molar-refractivity contribution in [3.8, 4) is 0 Å². The van der Waals surface area contributed by atoms with Crippen LogP contribution < -0.4 is 16.7 Å². The topological polar surface area (TPSA) is 94.4 Å². The number of fused-ring (bicyclic) bond motifs is 1. The Balaban J connectivity index is 0.00000225. The number of benzene rings is 1. The van der Waals surface area contributed by atoms with Gasteiger partial charge >= 0.3 is 5.69 Å². The highest BCUT2D eigenvalue weighted by atomic mass is 35.5. The summed E-state index contributed by atoms with van der Waals surface area (Å²) in [6, 6.07) is 13.1. The minimum absolute atomic E-state index is 0. The van der Waals surface area contributed by atoms with E-state index in [0.29, 0.717) is 12.2 Å². The largest absolute Gasteiger partial charge is 0.350 e. The molecule has 1 aliphatic rings. The molecule has 28 heavy (non-hydrogen) atoms. The van der Waals surface area contributed by atoms with Gasteiger partial charge in [-0.2, -0.15) is 0 Å². The summed E-state index contributed by atoms with van der Waals surface area (Å²) in [7, 11) is 0. The van der Waals surface area contributed by atoms with E-state index in [4.69, 9.17) is 5.73 Å². The smallest absolute Gasteiger partial charge is 0.328 e. The third kappa shape index (κ3) is 4.26. The van der Waals surface area contributed by atoms with Gasteiger partial charge in [0, 0.05) is 23.8 Å². The number of nitrogens with two attached hydrogens (primary N) is 1. The standard InChI is InChI=1S/C20H23N5O2.ClH/c21-16-7-4-6-15(12-16)19(26)22-17-8-3-5-14(11-17)13-25-20(27)24-10-2-1-9-18(24)23-25;/h1-3,5,8-11,15-16H,4,6-7,12-13,21H2,(H,22,26);1H. The minimum Gasteiger partial charge on any atom is -0.328 e. The van der Waals surface area contributed by atoms with Gasteiger partial charge in [-0.15, -0.1) is 17.5 Å². The zero-order valence-electron chi connectivity index (χ0n) is 15.5. The van der Waals surface area contributed by atoms with Crippen LogP contribution in [0.4, 0.5) is 5.69 Å². The van der Waals surface area contributed by atoms with E-state index in [2.05, 4.69) is 10.4 Å². The van der Waals surface area contributed by atoms with Gasteiger partial charge in [0.25, 0.3) is 0 Å². The number of carbonyl (C=O) groups excluding carboxylic acids is 1. The van der Waals surface area contributed by atoms with E-state index in [1.54, 1.807) is 18.3 Å².